The molecular formula is C20H31N5O. The number of amides is 1. The summed E-state index contributed by atoms with van der Waals surface area (Å²) in [6, 6.07) is 0. The van der Waals surface area contributed by atoms with Crippen LogP contribution < -0.4 is 4.90 Å². The Labute approximate surface area is 156 Å². The van der Waals surface area contributed by atoms with Crippen molar-refractivity contribution in [3.8, 4) is 0 Å². The molecule has 1 aromatic rings. The third-order valence-corrected chi connectivity index (χ3v) is 6.52. The minimum absolute atomic E-state index is 0.309. The quantitative estimate of drug-likeness (QED) is 0.831. The van der Waals surface area contributed by atoms with Crippen LogP contribution in [0, 0.1) is 5.41 Å². The molecule has 3 aliphatic heterocycles. The van der Waals surface area contributed by atoms with Crippen LogP contribution in [0.1, 0.15) is 50.5 Å². The van der Waals surface area contributed by atoms with Gasteiger partial charge in [0, 0.05) is 57.6 Å². The summed E-state index contributed by atoms with van der Waals surface area (Å²) in [6.45, 7) is 6.26. The fourth-order valence-electron chi connectivity index (χ4n) is 4.77. The fourth-order valence-corrected chi connectivity index (χ4v) is 4.77. The molecule has 3 aliphatic rings. The molecule has 0 aromatic carbocycles. The lowest BCUT2D eigenvalue weighted by Crippen LogP contribution is -2.50. The second kappa shape index (κ2) is 7.51. The molecule has 3 saturated heterocycles. The summed E-state index contributed by atoms with van der Waals surface area (Å²) in [4.78, 5) is 27.7. The summed E-state index contributed by atoms with van der Waals surface area (Å²) in [5.74, 6) is 1.20. The smallest absolute Gasteiger partial charge is 0.225 e. The Morgan fingerprint density at radius 3 is 2.35 bits per heavy atom. The number of carbonyl (C=O) groups is 1. The maximum Gasteiger partial charge on any atom is 0.225 e. The summed E-state index contributed by atoms with van der Waals surface area (Å²) in [7, 11) is 1.96. The topological polar surface area (TPSA) is 52.6 Å². The fraction of sp³-hybridized carbons (Fsp3) is 0.750. The lowest BCUT2D eigenvalue weighted by atomic mass is 9.72. The molecule has 0 atom stereocenters. The molecule has 26 heavy (non-hydrogen) atoms. The van der Waals surface area contributed by atoms with Crippen LogP contribution in [-0.4, -0.2) is 65.4 Å². The molecule has 6 nitrogen and oxygen atoms in total. The number of piperidine rings is 3. The van der Waals surface area contributed by atoms with Crippen molar-refractivity contribution in [1.82, 2.24) is 19.8 Å². The van der Waals surface area contributed by atoms with E-state index in [1.54, 1.807) is 0 Å². The van der Waals surface area contributed by atoms with Crippen LogP contribution in [0.5, 0.6) is 0 Å². The Hall–Kier alpha value is -1.69. The van der Waals surface area contributed by atoms with Crippen LogP contribution in [0.2, 0.25) is 0 Å². The highest BCUT2D eigenvalue weighted by molar-refractivity contribution is 5.76. The second-order valence-electron chi connectivity index (χ2n) is 8.46. The molecule has 1 aromatic heterocycles. The van der Waals surface area contributed by atoms with Crippen LogP contribution >= 0.6 is 0 Å². The van der Waals surface area contributed by atoms with Gasteiger partial charge in [-0.25, -0.2) is 9.97 Å². The molecular weight excluding hydrogens is 326 g/mol. The Morgan fingerprint density at radius 2 is 1.69 bits per heavy atom. The van der Waals surface area contributed by atoms with Gasteiger partial charge in [0.2, 0.25) is 11.9 Å². The second-order valence-corrected chi connectivity index (χ2v) is 8.46. The van der Waals surface area contributed by atoms with Crippen molar-refractivity contribution in [2.45, 2.75) is 51.5 Å². The molecule has 4 heterocycles. The first-order chi connectivity index (χ1) is 12.6. The number of anilines is 1. The molecule has 3 fully saturated rings. The van der Waals surface area contributed by atoms with Crippen molar-refractivity contribution in [2.75, 3.05) is 44.7 Å². The van der Waals surface area contributed by atoms with Gasteiger partial charge in [0.05, 0.1) is 0 Å². The van der Waals surface area contributed by atoms with E-state index < -0.39 is 0 Å². The lowest BCUT2D eigenvalue weighted by Gasteiger charge is -2.46. The number of hydrogen-bond acceptors (Lipinski definition) is 5. The Kier molecular flexibility index (Phi) is 5.11. The normalized spacial score (nSPS) is 24.3. The summed E-state index contributed by atoms with van der Waals surface area (Å²) in [6.07, 6.45) is 12.0. The number of nitrogens with zero attached hydrogens (tertiary/aromatic N) is 5. The summed E-state index contributed by atoms with van der Waals surface area (Å²) in [5, 5.41) is 0. The number of hydrogen-bond donors (Lipinski definition) is 0. The monoisotopic (exact) mass is 357 g/mol. The first-order valence-electron chi connectivity index (χ1n) is 10.2. The maximum atomic E-state index is 11.8. The van der Waals surface area contributed by atoms with Crippen molar-refractivity contribution < 1.29 is 4.79 Å². The first-order valence-corrected chi connectivity index (χ1v) is 10.2. The van der Waals surface area contributed by atoms with Gasteiger partial charge in [0.15, 0.2) is 0 Å². The van der Waals surface area contributed by atoms with Crippen molar-refractivity contribution in [2.24, 2.45) is 5.41 Å². The molecule has 0 saturated carbocycles. The Morgan fingerprint density at radius 1 is 1.00 bits per heavy atom. The number of rotatable bonds is 3. The molecule has 0 N–H and O–H groups in total. The van der Waals surface area contributed by atoms with Gasteiger partial charge in [-0.05, 0) is 57.0 Å². The average Bonchev–Trinajstić information content (AvgIpc) is 2.68. The highest BCUT2D eigenvalue weighted by atomic mass is 16.2. The summed E-state index contributed by atoms with van der Waals surface area (Å²) in [5.41, 5.74) is 1.56. The van der Waals surface area contributed by atoms with Gasteiger partial charge in [0.25, 0.3) is 0 Å². The predicted molar refractivity (Wildman–Crippen MR) is 102 cm³/mol. The third kappa shape index (κ3) is 3.85. The summed E-state index contributed by atoms with van der Waals surface area (Å²) >= 11 is 0. The van der Waals surface area contributed by atoms with Gasteiger partial charge in [-0.3, -0.25) is 9.69 Å². The van der Waals surface area contributed by atoms with Gasteiger partial charge < -0.3 is 9.80 Å². The molecule has 0 radical (unpaired) electrons. The minimum atomic E-state index is 0.309. The van der Waals surface area contributed by atoms with Gasteiger partial charge >= 0.3 is 0 Å². The number of aromatic nitrogens is 2. The van der Waals surface area contributed by atoms with E-state index in [0.717, 1.165) is 58.1 Å². The molecule has 4 rings (SSSR count). The minimum Gasteiger partial charge on any atom is -0.345 e. The highest BCUT2D eigenvalue weighted by Gasteiger charge is 2.39. The highest BCUT2D eigenvalue weighted by Crippen LogP contribution is 2.40. The van der Waals surface area contributed by atoms with Crippen LogP contribution in [0.15, 0.2) is 12.4 Å². The molecule has 0 unspecified atom stereocenters. The molecule has 1 spiro atoms. The predicted octanol–water partition coefficient (Wildman–Crippen LogP) is 2.30. The molecule has 142 valence electrons. The zero-order chi connectivity index (χ0) is 18.0. The number of carbonyl (C=O) groups excluding carboxylic acids is 1. The van der Waals surface area contributed by atoms with E-state index in [1.807, 2.05) is 24.3 Å². The van der Waals surface area contributed by atoms with Crippen molar-refractivity contribution >= 4 is 11.9 Å². The zero-order valence-electron chi connectivity index (χ0n) is 16.0. The molecule has 0 aliphatic carbocycles. The van der Waals surface area contributed by atoms with E-state index in [9.17, 15) is 4.79 Å². The average molecular weight is 358 g/mol. The van der Waals surface area contributed by atoms with Crippen molar-refractivity contribution in [1.29, 1.82) is 0 Å². The van der Waals surface area contributed by atoms with E-state index in [-0.39, 0.29) is 0 Å². The standard InChI is InChI=1S/C20H31N5O/c1-23-16-20(6-5-18(23)26)7-11-24(12-8-20)15-17-13-21-19(22-14-17)25-9-3-2-4-10-25/h13-14H,2-12,15-16H2,1H3. The van der Waals surface area contributed by atoms with E-state index in [0.29, 0.717) is 11.3 Å². The van der Waals surface area contributed by atoms with Crippen LogP contribution in [0.3, 0.4) is 0 Å². The van der Waals surface area contributed by atoms with E-state index in [2.05, 4.69) is 19.8 Å². The van der Waals surface area contributed by atoms with Crippen LogP contribution in [0.25, 0.3) is 0 Å². The third-order valence-electron chi connectivity index (χ3n) is 6.52. The lowest BCUT2D eigenvalue weighted by molar-refractivity contribution is -0.137. The van der Waals surface area contributed by atoms with Crippen LogP contribution in [-0.2, 0) is 11.3 Å². The first kappa shape index (κ1) is 17.7. The van der Waals surface area contributed by atoms with Gasteiger partial charge in [0.1, 0.15) is 0 Å². The zero-order valence-corrected chi connectivity index (χ0v) is 16.0. The van der Waals surface area contributed by atoms with E-state index in [4.69, 9.17) is 0 Å². The number of likely N-dealkylation sites (tertiary alicyclic amines) is 2. The summed E-state index contributed by atoms with van der Waals surface area (Å²) < 4.78 is 0. The van der Waals surface area contributed by atoms with E-state index in [1.165, 1.54) is 37.7 Å². The van der Waals surface area contributed by atoms with Crippen molar-refractivity contribution in [3.63, 3.8) is 0 Å². The van der Waals surface area contributed by atoms with Gasteiger partial charge in [-0.1, -0.05) is 0 Å². The molecule has 1 amide bonds. The van der Waals surface area contributed by atoms with Gasteiger partial charge in [-0.15, -0.1) is 0 Å². The Balaban J connectivity index is 1.29. The Bertz CT molecular complexity index is 618. The van der Waals surface area contributed by atoms with Crippen LogP contribution in [0.4, 0.5) is 5.95 Å². The van der Waals surface area contributed by atoms with Gasteiger partial charge in [-0.2, -0.15) is 0 Å². The molecule has 6 heteroatoms. The SMILES string of the molecule is CN1CC2(CCC1=O)CCN(Cc1cnc(N3CCCCC3)nc1)CC2. The molecule has 0 bridgehead atoms. The maximum absolute atomic E-state index is 11.8. The van der Waals surface area contributed by atoms with Crippen molar-refractivity contribution in [3.05, 3.63) is 18.0 Å². The largest absolute Gasteiger partial charge is 0.345 e. The van der Waals surface area contributed by atoms with E-state index >= 15 is 0 Å².